The predicted molar refractivity (Wildman–Crippen MR) is 117 cm³/mol. The molecule has 3 unspecified atom stereocenters. The van der Waals surface area contributed by atoms with E-state index in [1.165, 1.54) is 18.2 Å². The summed E-state index contributed by atoms with van der Waals surface area (Å²) in [4.78, 5) is 14.0. The van der Waals surface area contributed by atoms with Crippen LogP contribution in [0.2, 0.25) is 0 Å². The van der Waals surface area contributed by atoms with Gasteiger partial charge in [0.2, 0.25) is 5.56 Å². The van der Waals surface area contributed by atoms with Crippen molar-refractivity contribution in [2.75, 3.05) is 5.32 Å². The number of phenolic OH excluding ortho intramolecular Hbond substituents is 1. The molecule has 4 N–H and O–H groups in total. The van der Waals surface area contributed by atoms with Gasteiger partial charge in [0.15, 0.2) is 5.60 Å². The van der Waals surface area contributed by atoms with Crippen LogP contribution in [0.1, 0.15) is 55.3 Å². The molecule has 5 nitrogen and oxygen atoms in total. The van der Waals surface area contributed by atoms with Crippen LogP contribution in [0.15, 0.2) is 41.2 Å². The van der Waals surface area contributed by atoms with Crippen LogP contribution >= 0.6 is 0 Å². The predicted octanol–water partition coefficient (Wildman–Crippen LogP) is 5.28. The highest BCUT2D eigenvalue weighted by Crippen LogP contribution is 2.55. The molecule has 0 fully saturated rings. The summed E-state index contributed by atoms with van der Waals surface area (Å²) in [6, 6.07) is 6.12. The first kappa shape index (κ1) is 23.1. The van der Waals surface area contributed by atoms with Crippen LogP contribution in [-0.2, 0) is 6.42 Å². The van der Waals surface area contributed by atoms with Crippen molar-refractivity contribution in [1.82, 2.24) is 4.98 Å². The highest BCUT2D eigenvalue weighted by molar-refractivity contribution is 5.91. The molecule has 1 aromatic heterocycles. The molecule has 1 aliphatic carbocycles. The van der Waals surface area contributed by atoms with Crippen LogP contribution in [0.5, 0.6) is 5.75 Å². The van der Waals surface area contributed by atoms with Crippen molar-refractivity contribution in [1.29, 1.82) is 0 Å². The number of aromatic hydroxyl groups is 1. The molecule has 4 rings (SSSR count). The first-order chi connectivity index (χ1) is 15.5. The van der Waals surface area contributed by atoms with E-state index in [0.29, 0.717) is 24.0 Å². The fraction of sp³-hybridized carbons (Fsp3) is 0.375. The van der Waals surface area contributed by atoms with Crippen molar-refractivity contribution in [2.24, 2.45) is 0 Å². The average Bonchev–Trinajstić information content (AvgIpc) is 2.76. The maximum absolute atomic E-state index is 14.3. The standard InChI is InChI=1S/C24H24F4N2O3/c1-3-12-5-6-15-19(21(12)32)13(4-2)11-23(33,24(26,27)28)22(15)29-17-9-8-16(25)20-14(17)7-10-18(31)30-20/h5-10,13,22,29,32-33H,3-4,11H2,1-2H3,(H,30,31). The number of hydrogen-bond donors (Lipinski definition) is 4. The highest BCUT2D eigenvalue weighted by atomic mass is 19.4. The summed E-state index contributed by atoms with van der Waals surface area (Å²) < 4.78 is 57.2. The lowest BCUT2D eigenvalue weighted by Crippen LogP contribution is -2.55. The number of pyridine rings is 1. The number of phenols is 1. The largest absolute Gasteiger partial charge is 0.507 e. The Kier molecular flexibility index (Phi) is 5.64. The summed E-state index contributed by atoms with van der Waals surface area (Å²) in [6.07, 6.45) is -4.85. The zero-order valence-electron chi connectivity index (χ0n) is 18.1. The minimum Gasteiger partial charge on any atom is -0.507 e. The van der Waals surface area contributed by atoms with Crippen molar-refractivity contribution in [3.63, 3.8) is 0 Å². The maximum atomic E-state index is 14.3. The number of aliphatic hydroxyl groups is 1. The van der Waals surface area contributed by atoms with E-state index in [-0.39, 0.29) is 27.9 Å². The molecule has 1 heterocycles. The first-order valence-electron chi connectivity index (χ1n) is 10.7. The van der Waals surface area contributed by atoms with E-state index in [1.54, 1.807) is 13.0 Å². The van der Waals surface area contributed by atoms with Crippen LogP contribution < -0.4 is 10.9 Å². The van der Waals surface area contributed by atoms with Gasteiger partial charge in [-0.15, -0.1) is 0 Å². The summed E-state index contributed by atoms with van der Waals surface area (Å²) >= 11 is 0. The summed E-state index contributed by atoms with van der Waals surface area (Å²) in [5.74, 6) is -1.51. The molecule has 1 aliphatic rings. The molecule has 33 heavy (non-hydrogen) atoms. The fourth-order valence-electron chi connectivity index (χ4n) is 4.81. The van der Waals surface area contributed by atoms with Gasteiger partial charge >= 0.3 is 6.18 Å². The van der Waals surface area contributed by atoms with Gasteiger partial charge in [-0.3, -0.25) is 4.79 Å². The fourth-order valence-corrected chi connectivity index (χ4v) is 4.81. The van der Waals surface area contributed by atoms with Gasteiger partial charge in [0.25, 0.3) is 0 Å². The molecule has 3 atom stereocenters. The zero-order valence-corrected chi connectivity index (χ0v) is 18.1. The molecule has 0 saturated heterocycles. The molecule has 0 bridgehead atoms. The molecule has 0 spiro atoms. The van der Waals surface area contributed by atoms with Crippen LogP contribution in [0.25, 0.3) is 10.9 Å². The lowest BCUT2D eigenvalue weighted by molar-refractivity contribution is -0.272. The Morgan fingerprint density at radius 1 is 1.15 bits per heavy atom. The van der Waals surface area contributed by atoms with Gasteiger partial charge in [0.05, 0.1) is 11.6 Å². The summed E-state index contributed by atoms with van der Waals surface area (Å²) in [6.45, 7) is 3.54. The van der Waals surface area contributed by atoms with Gasteiger partial charge in [-0.05, 0) is 54.5 Å². The van der Waals surface area contributed by atoms with E-state index in [0.717, 1.165) is 12.1 Å². The van der Waals surface area contributed by atoms with Gasteiger partial charge in [-0.25, -0.2) is 4.39 Å². The number of aromatic nitrogens is 1. The minimum absolute atomic E-state index is 0.0637. The van der Waals surface area contributed by atoms with E-state index < -0.39 is 41.5 Å². The summed E-state index contributed by atoms with van der Waals surface area (Å²) in [5, 5.41) is 24.8. The number of anilines is 1. The van der Waals surface area contributed by atoms with Gasteiger partial charge in [-0.2, -0.15) is 13.2 Å². The number of aryl methyl sites for hydroxylation is 1. The van der Waals surface area contributed by atoms with Crippen LogP contribution in [0.3, 0.4) is 0 Å². The lowest BCUT2D eigenvalue weighted by Gasteiger charge is -2.46. The lowest BCUT2D eigenvalue weighted by atomic mass is 9.68. The molecule has 0 aliphatic heterocycles. The third-order valence-electron chi connectivity index (χ3n) is 6.60. The van der Waals surface area contributed by atoms with E-state index >= 15 is 0 Å². The number of benzene rings is 2. The molecule has 3 aromatic rings. The minimum atomic E-state index is -4.99. The van der Waals surface area contributed by atoms with Crippen LogP contribution in [0.4, 0.5) is 23.2 Å². The third kappa shape index (κ3) is 3.64. The number of H-pyrrole nitrogens is 1. The number of fused-ring (bicyclic) bond motifs is 2. The monoisotopic (exact) mass is 464 g/mol. The number of hydrogen-bond acceptors (Lipinski definition) is 4. The zero-order chi connectivity index (χ0) is 24.1. The number of halogens is 4. The molecular weight excluding hydrogens is 440 g/mol. The third-order valence-corrected chi connectivity index (χ3v) is 6.60. The number of nitrogens with one attached hydrogen (secondary N) is 2. The molecule has 9 heteroatoms. The molecular formula is C24H24F4N2O3. The Labute approximate surface area is 187 Å². The van der Waals surface area contributed by atoms with E-state index in [1.807, 2.05) is 6.92 Å². The second-order valence-electron chi connectivity index (χ2n) is 8.44. The smallest absolute Gasteiger partial charge is 0.419 e. The second kappa shape index (κ2) is 8.06. The summed E-state index contributed by atoms with van der Waals surface area (Å²) in [7, 11) is 0. The Bertz CT molecular complexity index is 1270. The quantitative estimate of drug-likeness (QED) is 0.396. The van der Waals surface area contributed by atoms with Crippen molar-refractivity contribution in [3.05, 3.63) is 69.3 Å². The number of aromatic amines is 1. The number of rotatable bonds is 4. The molecule has 0 saturated carbocycles. The van der Waals surface area contributed by atoms with Crippen LogP contribution in [-0.4, -0.2) is 27.0 Å². The Morgan fingerprint density at radius 3 is 2.52 bits per heavy atom. The molecule has 0 amide bonds. The van der Waals surface area contributed by atoms with E-state index in [2.05, 4.69) is 10.3 Å². The van der Waals surface area contributed by atoms with Crippen molar-refractivity contribution in [3.8, 4) is 5.75 Å². The van der Waals surface area contributed by atoms with Crippen LogP contribution in [0, 0.1) is 5.82 Å². The highest BCUT2D eigenvalue weighted by Gasteiger charge is 2.62. The SMILES string of the molecule is CCc1ccc2c(c1O)C(CC)CC(O)(C(F)(F)F)C2Nc1ccc(F)c2[nH]c(=O)ccc12. The topological polar surface area (TPSA) is 85.3 Å². The number of alkyl halides is 3. The van der Waals surface area contributed by atoms with E-state index in [4.69, 9.17) is 0 Å². The van der Waals surface area contributed by atoms with Gasteiger partial charge < -0.3 is 20.5 Å². The van der Waals surface area contributed by atoms with Gasteiger partial charge in [0, 0.05) is 22.7 Å². The van der Waals surface area contributed by atoms with Gasteiger partial charge in [-0.1, -0.05) is 26.0 Å². The van der Waals surface area contributed by atoms with Gasteiger partial charge in [0.1, 0.15) is 11.6 Å². The Balaban J connectivity index is 1.95. The van der Waals surface area contributed by atoms with Crippen molar-refractivity contribution < 1.29 is 27.8 Å². The Morgan fingerprint density at radius 2 is 1.88 bits per heavy atom. The maximum Gasteiger partial charge on any atom is 0.419 e. The molecule has 0 radical (unpaired) electrons. The summed E-state index contributed by atoms with van der Waals surface area (Å²) in [5.41, 5.74) is -2.65. The Hall–Kier alpha value is -3.07. The molecule has 176 valence electrons. The average molecular weight is 464 g/mol. The van der Waals surface area contributed by atoms with E-state index in [9.17, 15) is 32.6 Å². The van der Waals surface area contributed by atoms with Crippen molar-refractivity contribution >= 4 is 16.6 Å². The van der Waals surface area contributed by atoms with Crippen molar-refractivity contribution in [2.45, 2.75) is 56.8 Å². The first-order valence-corrected chi connectivity index (χ1v) is 10.7. The normalized spacial score (nSPS) is 22.9. The molecule has 2 aromatic carbocycles. The second-order valence-corrected chi connectivity index (χ2v) is 8.44.